The molecule has 36 heavy (non-hydrogen) atoms. The first-order valence-electron chi connectivity index (χ1n) is 10.5. The smallest absolute Gasteiger partial charge is 0.231 e. The van der Waals surface area contributed by atoms with Crippen LogP contribution in [0.4, 0.5) is 28.9 Å². The highest BCUT2D eigenvalue weighted by Crippen LogP contribution is 2.65. The van der Waals surface area contributed by atoms with Crippen molar-refractivity contribution in [1.29, 1.82) is 0 Å². The summed E-state index contributed by atoms with van der Waals surface area (Å²) in [6.07, 6.45) is -0.591. The van der Waals surface area contributed by atoms with Crippen LogP contribution in [0, 0.1) is 36.1 Å². The fraction of sp³-hybridized carbons (Fsp3) is 0.200. The first kappa shape index (κ1) is 26.3. The van der Waals surface area contributed by atoms with E-state index in [0.717, 1.165) is 24.3 Å². The number of nitrogen functional groups attached to an aromatic ring is 1. The van der Waals surface area contributed by atoms with Crippen LogP contribution in [-0.4, -0.2) is 16.0 Å². The maximum atomic E-state index is 14.8. The lowest BCUT2D eigenvalue weighted by atomic mass is 9.99. The van der Waals surface area contributed by atoms with Gasteiger partial charge >= 0.3 is 0 Å². The van der Waals surface area contributed by atoms with Gasteiger partial charge in [-0.15, -0.1) is 23.2 Å². The Kier molecular flexibility index (Phi) is 6.98. The van der Waals surface area contributed by atoms with Crippen LogP contribution in [0.25, 0.3) is 0 Å². The van der Waals surface area contributed by atoms with Crippen LogP contribution < -0.4 is 11.1 Å². The summed E-state index contributed by atoms with van der Waals surface area (Å²) in [5.41, 5.74) is 4.53. The maximum absolute atomic E-state index is 14.8. The molecule has 2 unspecified atom stereocenters. The topological polar surface area (TPSA) is 72.2 Å². The molecule has 1 amide bonds. The Morgan fingerprint density at radius 1 is 1.00 bits per heavy atom. The van der Waals surface area contributed by atoms with E-state index in [1.165, 1.54) is 25.1 Å². The summed E-state index contributed by atoms with van der Waals surface area (Å²) in [7, 11) is 0. The highest BCUT2D eigenvalue weighted by molar-refractivity contribution is 6.53. The van der Waals surface area contributed by atoms with Gasteiger partial charge in [-0.1, -0.05) is 23.7 Å². The van der Waals surface area contributed by atoms with Gasteiger partial charge in [-0.25, -0.2) is 17.6 Å². The molecular weight excluding hydrogens is 543 g/mol. The highest BCUT2D eigenvalue weighted by atomic mass is 35.5. The van der Waals surface area contributed by atoms with Crippen LogP contribution in [0.3, 0.4) is 0 Å². The van der Waals surface area contributed by atoms with Gasteiger partial charge in [0.1, 0.15) is 27.5 Å². The largest absolute Gasteiger partial charge is 0.394 e. The number of rotatable bonds is 6. The number of alkyl halides is 2. The van der Waals surface area contributed by atoms with E-state index in [9.17, 15) is 27.2 Å². The van der Waals surface area contributed by atoms with Crippen molar-refractivity contribution in [2.45, 2.75) is 23.6 Å². The zero-order chi connectivity index (χ0) is 26.5. The van der Waals surface area contributed by atoms with E-state index >= 15 is 0 Å². The van der Waals surface area contributed by atoms with Crippen LogP contribution in [0.5, 0.6) is 0 Å². The van der Waals surface area contributed by atoms with Crippen LogP contribution in [0.2, 0.25) is 5.02 Å². The molecule has 3 N–H and O–H groups in total. The fourth-order valence-electron chi connectivity index (χ4n) is 4.06. The van der Waals surface area contributed by atoms with E-state index in [1.54, 1.807) is 0 Å². The molecule has 0 spiro atoms. The van der Waals surface area contributed by atoms with Crippen molar-refractivity contribution in [3.63, 3.8) is 0 Å². The predicted molar refractivity (Wildman–Crippen MR) is 131 cm³/mol. The number of anilines is 2. The third-order valence-corrected chi connectivity index (χ3v) is 7.25. The van der Waals surface area contributed by atoms with Crippen LogP contribution in [-0.2, 0) is 11.2 Å². The van der Waals surface area contributed by atoms with Crippen molar-refractivity contribution in [1.82, 2.24) is 0 Å². The second-order valence-corrected chi connectivity index (χ2v) is 10.3. The number of carbonyl (C=O) groups excluding carboxylic acids is 2. The molecule has 0 aliphatic heterocycles. The van der Waals surface area contributed by atoms with E-state index < -0.39 is 68.8 Å². The zero-order valence-corrected chi connectivity index (χ0v) is 20.7. The molecule has 0 bridgehead atoms. The first-order valence-corrected chi connectivity index (χ1v) is 11.7. The number of halogens is 7. The van der Waals surface area contributed by atoms with E-state index in [-0.39, 0.29) is 21.8 Å². The monoisotopic (exact) mass is 558 g/mol. The Morgan fingerprint density at radius 3 is 2.33 bits per heavy atom. The van der Waals surface area contributed by atoms with Gasteiger partial charge in [0, 0.05) is 18.0 Å². The molecule has 1 aliphatic carbocycles. The summed E-state index contributed by atoms with van der Waals surface area (Å²) in [4.78, 5) is 25.7. The van der Waals surface area contributed by atoms with Crippen molar-refractivity contribution in [2.24, 2.45) is 5.92 Å². The summed E-state index contributed by atoms with van der Waals surface area (Å²) in [6, 6.07) is 8.23. The molecule has 0 radical (unpaired) electrons. The Labute approximate surface area is 218 Å². The molecule has 11 heteroatoms. The number of hydrogen-bond acceptors (Lipinski definition) is 3. The van der Waals surface area contributed by atoms with E-state index in [4.69, 9.17) is 40.5 Å². The number of nitrogens with one attached hydrogen (secondary N) is 1. The molecule has 1 saturated carbocycles. The van der Waals surface area contributed by atoms with E-state index in [1.807, 2.05) is 0 Å². The highest BCUT2D eigenvalue weighted by Gasteiger charge is 2.67. The Bertz CT molecular complexity index is 1410. The normalized spacial score (nSPS) is 18.1. The first-order chi connectivity index (χ1) is 16.8. The molecule has 2 atom stereocenters. The predicted octanol–water partition coefficient (Wildman–Crippen LogP) is 6.74. The molecule has 3 aromatic rings. The minimum Gasteiger partial charge on any atom is -0.394 e. The molecule has 4 rings (SSSR count). The van der Waals surface area contributed by atoms with Crippen molar-refractivity contribution in [3.8, 4) is 0 Å². The maximum Gasteiger partial charge on any atom is 0.231 e. The summed E-state index contributed by atoms with van der Waals surface area (Å²) in [5, 5.41) is 2.41. The van der Waals surface area contributed by atoms with Gasteiger partial charge in [-0.3, -0.25) is 9.59 Å². The minimum atomic E-state index is -1.50. The molecule has 0 aromatic heterocycles. The third-order valence-electron chi connectivity index (χ3n) is 6.02. The molecule has 0 saturated heterocycles. The van der Waals surface area contributed by atoms with Gasteiger partial charge in [-0.2, -0.15) is 0 Å². The van der Waals surface area contributed by atoms with Crippen molar-refractivity contribution < 1.29 is 27.2 Å². The number of amides is 1. The van der Waals surface area contributed by atoms with Crippen LogP contribution in [0.15, 0.2) is 42.5 Å². The summed E-state index contributed by atoms with van der Waals surface area (Å²) >= 11 is 18.4. The van der Waals surface area contributed by atoms with Gasteiger partial charge in [0.25, 0.3) is 0 Å². The van der Waals surface area contributed by atoms with Crippen molar-refractivity contribution in [3.05, 3.63) is 93.0 Å². The van der Waals surface area contributed by atoms with Gasteiger partial charge in [0.2, 0.25) is 5.91 Å². The van der Waals surface area contributed by atoms with Crippen LogP contribution in [0.1, 0.15) is 33.0 Å². The zero-order valence-electron chi connectivity index (χ0n) is 18.4. The average Bonchev–Trinajstić information content (AvgIpc) is 3.40. The van der Waals surface area contributed by atoms with Gasteiger partial charge in [0.05, 0.1) is 16.5 Å². The van der Waals surface area contributed by atoms with Gasteiger partial charge in [-0.05, 0) is 53.9 Å². The Hall–Kier alpha value is -2.81. The second-order valence-electron chi connectivity index (χ2n) is 8.48. The molecule has 1 fully saturated rings. The standard InChI is InChI=1S/C25H17Cl3F4N2O2/c1-10-6-13(9-14(21(10)31)18(35)8-12-3-5-17(30)23(33)22(12)32)34-24(36)20-19(25(20,27)28)11-2-4-16(29)15(26)7-11/h2-7,9,19-20H,8,33H2,1H3,(H,34,36). The lowest BCUT2D eigenvalue weighted by Gasteiger charge is -2.12. The van der Waals surface area contributed by atoms with E-state index in [0.29, 0.717) is 5.56 Å². The Morgan fingerprint density at radius 2 is 1.67 bits per heavy atom. The lowest BCUT2D eigenvalue weighted by molar-refractivity contribution is -0.117. The molecule has 188 valence electrons. The molecular formula is C25H17Cl3F4N2O2. The number of Topliss-reactive ketones (excluding diaryl/α,β-unsaturated/α-hetero) is 1. The van der Waals surface area contributed by atoms with Crippen molar-refractivity contribution in [2.75, 3.05) is 11.1 Å². The number of aryl methyl sites for hydroxylation is 1. The SMILES string of the molecule is Cc1cc(NC(=O)C2C(c3ccc(F)c(Cl)c3)C2(Cl)Cl)cc(C(=O)Cc2ccc(F)c(N)c2F)c1F. The minimum absolute atomic E-state index is 0.0379. The van der Waals surface area contributed by atoms with Gasteiger partial charge in [0.15, 0.2) is 11.6 Å². The van der Waals surface area contributed by atoms with E-state index in [2.05, 4.69) is 5.32 Å². The number of ketones is 1. The number of benzene rings is 3. The van der Waals surface area contributed by atoms with Crippen LogP contribution >= 0.6 is 34.8 Å². The third kappa shape index (κ3) is 4.77. The lowest BCUT2D eigenvalue weighted by Crippen LogP contribution is -2.18. The van der Waals surface area contributed by atoms with Crippen molar-refractivity contribution >= 4 is 57.9 Å². The number of carbonyl (C=O) groups is 2. The summed E-state index contributed by atoms with van der Waals surface area (Å²) in [6.45, 7) is 1.38. The molecule has 3 aromatic carbocycles. The average molecular weight is 560 g/mol. The molecule has 1 aliphatic rings. The quantitative estimate of drug-likeness (QED) is 0.152. The summed E-state index contributed by atoms with van der Waals surface area (Å²) < 4.78 is 54.4. The second kappa shape index (κ2) is 9.57. The number of hydrogen-bond donors (Lipinski definition) is 2. The molecule has 0 heterocycles. The van der Waals surface area contributed by atoms with Gasteiger partial charge < -0.3 is 11.1 Å². The fourth-order valence-corrected chi connectivity index (χ4v) is 5.07. The summed E-state index contributed by atoms with van der Waals surface area (Å²) in [5.74, 6) is -6.64. The Balaban J connectivity index is 1.56. The number of nitrogens with two attached hydrogens (primary N) is 1. The molecule has 4 nitrogen and oxygen atoms in total.